The number of hydrogen-bond donors (Lipinski definition) is 2. The Balaban J connectivity index is 4.38. The van der Waals surface area contributed by atoms with E-state index in [4.69, 9.17) is 15.6 Å². The Morgan fingerprint density at radius 1 is 0.862 bits per heavy atom. The highest BCUT2D eigenvalue weighted by Gasteiger charge is 2.26. The number of carboxylic acid groups (broad SMARTS) is 1. The molecule has 6 nitrogen and oxygen atoms in total. The van der Waals surface area contributed by atoms with Crippen LogP contribution in [-0.2, 0) is 19.1 Å². The molecule has 0 saturated heterocycles. The molecule has 3 N–H and O–H groups in total. The molecular weight excluding hydrogens is 370 g/mol. The fraction of sp³-hybridized carbons (Fsp3) is 0.870. The predicted octanol–water partition coefficient (Wildman–Crippen LogP) is 5.22. The highest BCUT2D eigenvalue weighted by Crippen LogP contribution is 2.23. The Morgan fingerprint density at radius 3 is 1.97 bits per heavy atom. The fourth-order valence-corrected chi connectivity index (χ4v) is 3.25. The van der Waals surface area contributed by atoms with Crippen molar-refractivity contribution in [3.63, 3.8) is 0 Å². The number of ether oxygens (including phenoxy) is 1. The minimum atomic E-state index is -0.763. The number of primary amides is 1. The summed E-state index contributed by atoms with van der Waals surface area (Å²) in [5.74, 6) is -1.37. The molecule has 29 heavy (non-hydrogen) atoms. The molecule has 0 aromatic heterocycles. The average molecular weight is 414 g/mol. The molecule has 0 aliphatic carbocycles. The van der Waals surface area contributed by atoms with Crippen LogP contribution in [0, 0.1) is 11.3 Å². The van der Waals surface area contributed by atoms with Crippen molar-refractivity contribution in [2.24, 2.45) is 17.1 Å². The Labute approximate surface area is 177 Å². The third-order valence-corrected chi connectivity index (χ3v) is 5.19. The summed E-state index contributed by atoms with van der Waals surface area (Å²) in [5, 5.41) is 8.65. The summed E-state index contributed by atoms with van der Waals surface area (Å²) in [7, 11) is 0. The topological polar surface area (TPSA) is 107 Å². The van der Waals surface area contributed by atoms with E-state index in [1.807, 2.05) is 20.8 Å². The Kier molecular flexibility index (Phi) is 14.4. The summed E-state index contributed by atoms with van der Waals surface area (Å²) in [6, 6.07) is 0. The third-order valence-electron chi connectivity index (χ3n) is 5.19. The number of hydrogen-bond acceptors (Lipinski definition) is 4. The minimum Gasteiger partial charge on any atom is -0.481 e. The van der Waals surface area contributed by atoms with Gasteiger partial charge in [0.2, 0.25) is 5.91 Å². The SMILES string of the molecule is CCCCCC(CCCC(CCCCCCC(=O)O)C(N)=O)OC(=O)C(C)(C)C. The van der Waals surface area contributed by atoms with Crippen LogP contribution in [0.15, 0.2) is 0 Å². The van der Waals surface area contributed by atoms with E-state index in [9.17, 15) is 14.4 Å². The minimum absolute atomic E-state index is 0.0992. The standard InChI is InChI=1S/C23H43NO5/c1-5-6-9-15-19(29-22(28)23(2,3)4)16-12-14-18(21(24)27)13-10-7-8-11-17-20(25)26/h18-19H,5-17H2,1-4H3,(H2,24,27)(H,25,26). The van der Waals surface area contributed by atoms with E-state index in [1.165, 1.54) is 0 Å². The van der Waals surface area contributed by atoms with Crippen molar-refractivity contribution in [1.29, 1.82) is 0 Å². The van der Waals surface area contributed by atoms with Crippen LogP contribution in [0.1, 0.15) is 111 Å². The smallest absolute Gasteiger partial charge is 0.311 e. The van der Waals surface area contributed by atoms with Crippen molar-refractivity contribution in [3.8, 4) is 0 Å². The number of aliphatic carboxylic acids is 1. The molecule has 0 fully saturated rings. The number of nitrogens with two attached hydrogens (primary N) is 1. The Bertz CT molecular complexity index is 484. The summed E-state index contributed by atoms with van der Waals surface area (Å²) >= 11 is 0. The molecule has 6 heteroatoms. The van der Waals surface area contributed by atoms with Crippen molar-refractivity contribution in [2.75, 3.05) is 0 Å². The van der Waals surface area contributed by atoms with Crippen LogP contribution in [-0.4, -0.2) is 29.1 Å². The number of unbranched alkanes of at least 4 members (excludes halogenated alkanes) is 5. The van der Waals surface area contributed by atoms with Gasteiger partial charge in [0.25, 0.3) is 0 Å². The van der Waals surface area contributed by atoms with E-state index in [2.05, 4.69) is 6.92 Å². The monoisotopic (exact) mass is 413 g/mol. The van der Waals surface area contributed by atoms with Crippen LogP contribution in [0.2, 0.25) is 0 Å². The molecular formula is C23H43NO5. The van der Waals surface area contributed by atoms with E-state index in [-0.39, 0.29) is 30.3 Å². The maximum Gasteiger partial charge on any atom is 0.311 e. The van der Waals surface area contributed by atoms with Gasteiger partial charge in [0.15, 0.2) is 0 Å². The summed E-state index contributed by atoms with van der Waals surface area (Å²) in [6.07, 6.45) is 10.6. The lowest BCUT2D eigenvalue weighted by molar-refractivity contribution is -0.159. The van der Waals surface area contributed by atoms with Gasteiger partial charge in [0.05, 0.1) is 5.41 Å². The van der Waals surface area contributed by atoms with Gasteiger partial charge in [0, 0.05) is 12.3 Å². The molecule has 1 amide bonds. The molecule has 2 unspecified atom stereocenters. The maximum absolute atomic E-state index is 12.2. The normalized spacial score (nSPS) is 13.7. The van der Waals surface area contributed by atoms with Gasteiger partial charge in [-0.2, -0.15) is 0 Å². The molecule has 0 aromatic carbocycles. The number of esters is 1. The molecule has 0 bridgehead atoms. The van der Waals surface area contributed by atoms with E-state index in [0.717, 1.165) is 64.2 Å². The zero-order valence-corrected chi connectivity index (χ0v) is 19.0. The lowest BCUT2D eigenvalue weighted by Crippen LogP contribution is -2.29. The Hall–Kier alpha value is -1.59. The van der Waals surface area contributed by atoms with Crippen LogP contribution >= 0.6 is 0 Å². The van der Waals surface area contributed by atoms with E-state index >= 15 is 0 Å². The van der Waals surface area contributed by atoms with Crippen LogP contribution in [0.4, 0.5) is 0 Å². The summed E-state index contributed by atoms with van der Waals surface area (Å²) < 4.78 is 5.75. The van der Waals surface area contributed by atoms with E-state index in [0.29, 0.717) is 12.8 Å². The van der Waals surface area contributed by atoms with Crippen molar-refractivity contribution < 1.29 is 24.2 Å². The molecule has 0 aliphatic rings. The molecule has 0 saturated carbocycles. The maximum atomic E-state index is 12.2. The van der Waals surface area contributed by atoms with Gasteiger partial charge < -0.3 is 15.6 Å². The molecule has 170 valence electrons. The molecule has 0 aliphatic heterocycles. The predicted molar refractivity (Wildman–Crippen MR) is 115 cm³/mol. The Morgan fingerprint density at radius 2 is 1.41 bits per heavy atom. The highest BCUT2D eigenvalue weighted by molar-refractivity contribution is 5.76. The largest absolute Gasteiger partial charge is 0.481 e. The molecule has 2 atom stereocenters. The van der Waals surface area contributed by atoms with E-state index in [1.54, 1.807) is 0 Å². The average Bonchev–Trinajstić information content (AvgIpc) is 2.61. The quantitative estimate of drug-likeness (QED) is 0.251. The van der Waals surface area contributed by atoms with Crippen LogP contribution in [0.3, 0.4) is 0 Å². The first-order valence-corrected chi connectivity index (χ1v) is 11.3. The van der Waals surface area contributed by atoms with Crippen molar-refractivity contribution >= 4 is 17.8 Å². The first-order valence-electron chi connectivity index (χ1n) is 11.3. The van der Waals surface area contributed by atoms with Gasteiger partial charge >= 0.3 is 11.9 Å². The third kappa shape index (κ3) is 15.0. The van der Waals surface area contributed by atoms with Crippen LogP contribution < -0.4 is 5.73 Å². The van der Waals surface area contributed by atoms with Gasteiger partial charge in [-0.3, -0.25) is 14.4 Å². The number of carbonyl (C=O) groups is 3. The molecule has 0 rings (SSSR count). The molecule has 0 aromatic rings. The van der Waals surface area contributed by atoms with Gasteiger partial charge in [-0.15, -0.1) is 0 Å². The van der Waals surface area contributed by atoms with E-state index < -0.39 is 11.4 Å². The van der Waals surface area contributed by atoms with Crippen LogP contribution in [0.25, 0.3) is 0 Å². The van der Waals surface area contributed by atoms with Gasteiger partial charge in [0.1, 0.15) is 6.10 Å². The zero-order chi connectivity index (χ0) is 22.3. The summed E-state index contributed by atoms with van der Waals surface area (Å²) in [4.78, 5) is 34.5. The molecule has 0 heterocycles. The fourth-order valence-electron chi connectivity index (χ4n) is 3.25. The van der Waals surface area contributed by atoms with Crippen molar-refractivity contribution in [1.82, 2.24) is 0 Å². The molecule has 0 radical (unpaired) electrons. The second kappa shape index (κ2) is 15.3. The van der Waals surface area contributed by atoms with Crippen molar-refractivity contribution in [2.45, 2.75) is 117 Å². The second-order valence-corrected chi connectivity index (χ2v) is 9.15. The summed E-state index contributed by atoms with van der Waals surface area (Å²) in [6.45, 7) is 7.73. The highest BCUT2D eigenvalue weighted by atomic mass is 16.5. The zero-order valence-electron chi connectivity index (χ0n) is 19.0. The number of carboxylic acids is 1. The summed E-state index contributed by atoms with van der Waals surface area (Å²) in [5.41, 5.74) is 5.05. The number of amides is 1. The first kappa shape index (κ1) is 27.4. The number of rotatable bonds is 17. The van der Waals surface area contributed by atoms with Gasteiger partial charge in [-0.25, -0.2) is 0 Å². The first-order chi connectivity index (χ1) is 13.6. The lowest BCUT2D eigenvalue weighted by Gasteiger charge is -2.24. The second-order valence-electron chi connectivity index (χ2n) is 9.15. The van der Waals surface area contributed by atoms with Crippen LogP contribution in [0.5, 0.6) is 0 Å². The number of carbonyl (C=O) groups excluding carboxylic acids is 2. The molecule has 0 spiro atoms. The van der Waals surface area contributed by atoms with Gasteiger partial charge in [-0.1, -0.05) is 39.0 Å². The van der Waals surface area contributed by atoms with Gasteiger partial charge in [-0.05, 0) is 65.7 Å². The lowest BCUT2D eigenvalue weighted by atomic mass is 9.92. The van der Waals surface area contributed by atoms with Crippen molar-refractivity contribution in [3.05, 3.63) is 0 Å².